The number of fused-ring (bicyclic) bond motifs is 3. The molecule has 3 nitrogen and oxygen atoms in total. The van der Waals surface area contributed by atoms with Crippen molar-refractivity contribution < 1.29 is 4.74 Å². The lowest BCUT2D eigenvalue weighted by Crippen LogP contribution is -2.56. The van der Waals surface area contributed by atoms with E-state index < -0.39 is 0 Å². The molecule has 4 aliphatic rings. The lowest BCUT2D eigenvalue weighted by Gasteiger charge is -2.48. The van der Waals surface area contributed by atoms with Crippen molar-refractivity contribution in [2.24, 2.45) is 5.92 Å². The molecule has 2 bridgehead atoms. The minimum absolute atomic E-state index is 0.551. The van der Waals surface area contributed by atoms with Crippen LogP contribution in [0.15, 0.2) is 0 Å². The molecule has 0 saturated carbocycles. The van der Waals surface area contributed by atoms with Crippen molar-refractivity contribution in [3.05, 3.63) is 0 Å². The minimum atomic E-state index is 0.551. The number of piperidine rings is 3. The van der Waals surface area contributed by atoms with E-state index in [0.717, 1.165) is 25.1 Å². The first-order valence-electron chi connectivity index (χ1n) is 5.87. The monoisotopic (exact) mass is 196 g/mol. The van der Waals surface area contributed by atoms with Gasteiger partial charge in [-0.1, -0.05) is 0 Å². The van der Waals surface area contributed by atoms with Crippen molar-refractivity contribution >= 4 is 0 Å². The van der Waals surface area contributed by atoms with E-state index in [9.17, 15) is 0 Å². The molecule has 4 rings (SSSR count). The molecule has 2 atom stereocenters. The maximum absolute atomic E-state index is 5.29. The molecular weight excluding hydrogens is 176 g/mol. The van der Waals surface area contributed by atoms with E-state index in [1.54, 1.807) is 0 Å². The standard InChI is InChI=1S/C11H20N2O/c1-12(6-10-8-14-10)11-7-13-4-2-9(11)3-5-13/h9-11H,2-8H2,1H3/t10-,11?/m0/s1. The van der Waals surface area contributed by atoms with Crippen molar-refractivity contribution in [3.8, 4) is 0 Å². The Hall–Kier alpha value is -0.120. The summed E-state index contributed by atoms with van der Waals surface area (Å²) < 4.78 is 5.29. The predicted octanol–water partition coefficient (Wildman–Crippen LogP) is 0.411. The molecular formula is C11H20N2O. The molecule has 14 heavy (non-hydrogen) atoms. The van der Waals surface area contributed by atoms with Gasteiger partial charge in [-0.3, -0.25) is 4.90 Å². The highest BCUT2D eigenvalue weighted by Gasteiger charge is 2.37. The third kappa shape index (κ3) is 1.69. The van der Waals surface area contributed by atoms with E-state index in [1.165, 1.54) is 32.5 Å². The molecule has 0 aliphatic carbocycles. The molecule has 0 spiro atoms. The average Bonchev–Trinajstić information content (AvgIpc) is 3.03. The van der Waals surface area contributed by atoms with Crippen LogP contribution in [-0.4, -0.2) is 61.8 Å². The number of likely N-dealkylation sites (N-methyl/N-ethyl adjacent to an activating group) is 1. The molecule has 4 aliphatic heterocycles. The van der Waals surface area contributed by atoms with Gasteiger partial charge in [0.25, 0.3) is 0 Å². The summed E-state index contributed by atoms with van der Waals surface area (Å²) in [5.74, 6) is 0.962. The zero-order chi connectivity index (χ0) is 9.54. The van der Waals surface area contributed by atoms with Gasteiger partial charge in [-0.05, 0) is 38.9 Å². The number of hydrogen-bond acceptors (Lipinski definition) is 3. The average molecular weight is 196 g/mol. The molecule has 0 amide bonds. The summed E-state index contributed by atoms with van der Waals surface area (Å²) in [6.45, 7) is 6.12. The lowest BCUT2D eigenvalue weighted by atomic mass is 9.83. The third-order valence-corrected chi connectivity index (χ3v) is 4.08. The molecule has 0 aromatic rings. The van der Waals surface area contributed by atoms with Crippen molar-refractivity contribution in [1.29, 1.82) is 0 Å². The van der Waals surface area contributed by atoms with Crippen LogP contribution in [0.2, 0.25) is 0 Å². The van der Waals surface area contributed by atoms with Crippen LogP contribution in [0.3, 0.4) is 0 Å². The normalized spacial score (nSPS) is 45.9. The summed E-state index contributed by atoms with van der Waals surface area (Å²) in [5, 5.41) is 0. The number of epoxide rings is 1. The van der Waals surface area contributed by atoms with Crippen LogP contribution in [-0.2, 0) is 4.74 Å². The molecule has 4 fully saturated rings. The van der Waals surface area contributed by atoms with E-state index in [1.807, 2.05) is 0 Å². The van der Waals surface area contributed by atoms with Crippen LogP contribution in [0.1, 0.15) is 12.8 Å². The Morgan fingerprint density at radius 3 is 2.57 bits per heavy atom. The van der Waals surface area contributed by atoms with E-state index in [2.05, 4.69) is 16.8 Å². The van der Waals surface area contributed by atoms with Crippen molar-refractivity contribution in [1.82, 2.24) is 9.80 Å². The third-order valence-electron chi connectivity index (χ3n) is 4.08. The molecule has 1 unspecified atom stereocenters. The second-order valence-electron chi connectivity index (χ2n) is 5.10. The molecule has 4 saturated heterocycles. The van der Waals surface area contributed by atoms with Gasteiger partial charge in [0.15, 0.2) is 0 Å². The van der Waals surface area contributed by atoms with Gasteiger partial charge < -0.3 is 9.64 Å². The zero-order valence-electron chi connectivity index (χ0n) is 8.98. The number of rotatable bonds is 3. The summed E-state index contributed by atoms with van der Waals surface area (Å²) in [6, 6.07) is 0.807. The molecule has 0 N–H and O–H groups in total. The van der Waals surface area contributed by atoms with Gasteiger partial charge >= 0.3 is 0 Å². The van der Waals surface area contributed by atoms with Gasteiger partial charge in [0.2, 0.25) is 0 Å². The van der Waals surface area contributed by atoms with Crippen LogP contribution >= 0.6 is 0 Å². The van der Waals surface area contributed by atoms with Gasteiger partial charge in [0.05, 0.1) is 12.7 Å². The highest BCUT2D eigenvalue weighted by atomic mass is 16.6. The Kier molecular flexibility index (Phi) is 2.26. The molecule has 0 aromatic carbocycles. The first-order chi connectivity index (χ1) is 6.83. The van der Waals surface area contributed by atoms with E-state index >= 15 is 0 Å². The van der Waals surface area contributed by atoms with Gasteiger partial charge in [-0.25, -0.2) is 0 Å². The van der Waals surface area contributed by atoms with Crippen LogP contribution in [0.25, 0.3) is 0 Å². The predicted molar refractivity (Wildman–Crippen MR) is 55.3 cm³/mol. The van der Waals surface area contributed by atoms with Crippen LogP contribution in [0.4, 0.5) is 0 Å². The van der Waals surface area contributed by atoms with Gasteiger partial charge in [-0.2, -0.15) is 0 Å². The van der Waals surface area contributed by atoms with Gasteiger partial charge in [0, 0.05) is 19.1 Å². The maximum Gasteiger partial charge on any atom is 0.0936 e. The van der Waals surface area contributed by atoms with Crippen molar-refractivity contribution in [2.45, 2.75) is 25.0 Å². The summed E-state index contributed by atoms with van der Waals surface area (Å²) >= 11 is 0. The fourth-order valence-electron chi connectivity index (χ4n) is 3.06. The number of ether oxygens (including phenoxy) is 1. The zero-order valence-corrected chi connectivity index (χ0v) is 8.98. The molecule has 3 heteroatoms. The van der Waals surface area contributed by atoms with Gasteiger partial charge in [0.1, 0.15) is 0 Å². The van der Waals surface area contributed by atoms with Crippen LogP contribution in [0.5, 0.6) is 0 Å². The lowest BCUT2D eigenvalue weighted by molar-refractivity contribution is 0.0145. The highest BCUT2D eigenvalue weighted by molar-refractivity contribution is 4.92. The molecule has 0 aromatic heterocycles. The Labute approximate surface area is 86.0 Å². The highest BCUT2D eigenvalue weighted by Crippen LogP contribution is 2.30. The number of hydrogen-bond donors (Lipinski definition) is 0. The summed E-state index contributed by atoms with van der Waals surface area (Å²) in [6.07, 6.45) is 3.39. The van der Waals surface area contributed by atoms with Crippen molar-refractivity contribution in [2.75, 3.05) is 39.8 Å². The maximum atomic E-state index is 5.29. The van der Waals surface area contributed by atoms with Crippen LogP contribution in [0, 0.1) is 5.92 Å². The second-order valence-corrected chi connectivity index (χ2v) is 5.10. The first kappa shape index (κ1) is 9.13. The van der Waals surface area contributed by atoms with E-state index in [-0.39, 0.29) is 0 Å². The summed E-state index contributed by atoms with van der Waals surface area (Å²) in [7, 11) is 2.27. The minimum Gasteiger partial charge on any atom is -0.372 e. The molecule has 0 radical (unpaired) electrons. The van der Waals surface area contributed by atoms with E-state index in [0.29, 0.717) is 6.10 Å². The molecule has 80 valence electrons. The Balaban J connectivity index is 1.60. The first-order valence-corrected chi connectivity index (χ1v) is 5.87. The second kappa shape index (κ2) is 3.47. The fraction of sp³-hybridized carbons (Fsp3) is 1.00. The van der Waals surface area contributed by atoms with Crippen LogP contribution < -0.4 is 0 Å². The Morgan fingerprint density at radius 2 is 2.07 bits per heavy atom. The topological polar surface area (TPSA) is 19.0 Å². The Bertz CT molecular complexity index is 209. The fourth-order valence-corrected chi connectivity index (χ4v) is 3.06. The Morgan fingerprint density at radius 1 is 1.36 bits per heavy atom. The SMILES string of the molecule is CN(C[C@H]1CO1)C1CN2CCC1CC2. The number of nitrogens with zero attached hydrogens (tertiary/aromatic N) is 2. The summed E-state index contributed by atoms with van der Waals surface area (Å²) in [4.78, 5) is 5.16. The van der Waals surface area contributed by atoms with Crippen molar-refractivity contribution in [3.63, 3.8) is 0 Å². The largest absolute Gasteiger partial charge is 0.372 e. The van der Waals surface area contributed by atoms with Gasteiger partial charge in [-0.15, -0.1) is 0 Å². The smallest absolute Gasteiger partial charge is 0.0936 e. The summed E-state index contributed by atoms with van der Waals surface area (Å²) in [5.41, 5.74) is 0. The molecule has 4 heterocycles. The van der Waals surface area contributed by atoms with E-state index in [4.69, 9.17) is 4.74 Å². The quantitative estimate of drug-likeness (QED) is 0.609.